The average molecular weight is 333 g/mol. The van der Waals surface area contributed by atoms with E-state index in [2.05, 4.69) is 111 Å². The standard InChI is InChI=1S/C22H24NP/c1-22(2,3)23-20-16-10-11-17-21(20)24(18-12-6-4-7-13-18)19-14-8-5-9-15-19/h4-17,23H,1-3H3. The minimum atomic E-state index is -0.582. The number of benzene rings is 3. The van der Waals surface area contributed by atoms with Crippen LogP contribution in [0.2, 0.25) is 0 Å². The topological polar surface area (TPSA) is 12.0 Å². The Morgan fingerprint density at radius 3 is 1.58 bits per heavy atom. The van der Waals surface area contributed by atoms with Gasteiger partial charge in [0.2, 0.25) is 0 Å². The summed E-state index contributed by atoms with van der Waals surface area (Å²) in [5, 5.41) is 7.81. The van der Waals surface area contributed by atoms with Crippen molar-refractivity contribution in [3.8, 4) is 0 Å². The molecule has 2 heteroatoms. The van der Waals surface area contributed by atoms with Gasteiger partial charge < -0.3 is 5.32 Å². The fourth-order valence-corrected chi connectivity index (χ4v) is 5.16. The van der Waals surface area contributed by atoms with E-state index >= 15 is 0 Å². The molecule has 0 aromatic heterocycles. The zero-order valence-corrected chi connectivity index (χ0v) is 15.4. The molecule has 0 aliphatic carbocycles. The number of nitrogens with one attached hydrogen (secondary N) is 1. The smallest absolute Gasteiger partial charge is 0.0428 e. The maximum atomic E-state index is 3.69. The summed E-state index contributed by atoms with van der Waals surface area (Å²) in [6.07, 6.45) is 0. The Labute approximate surface area is 146 Å². The number of hydrogen-bond donors (Lipinski definition) is 1. The molecule has 0 saturated heterocycles. The number of rotatable bonds is 4. The largest absolute Gasteiger partial charge is 0.380 e. The summed E-state index contributed by atoms with van der Waals surface area (Å²) in [5.74, 6) is 0. The quantitative estimate of drug-likeness (QED) is 0.685. The monoisotopic (exact) mass is 333 g/mol. The van der Waals surface area contributed by atoms with Crippen molar-refractivity contribution in [2.45, 2.75) is 26.3 Å². The molecule has 24 heavy (non-hydrogen) atoms. The summed E-state index contributed by atoms with van der Waals surface area (Å²) in [6, 6.07) is 30.4. The summed E-state index contributed by atoms with van der Waals surface area (Å²) in [7, 11) is -0.582. The van der Waals surface area contributed by atoms with Crippen LogP contribution in [-0.2, 0) is 0 Å². The van der Waals surface area contributed by atoms with Crippen molar-refractivity contribution < 1.29 is 0 Å². The first-order valence-corrected chi connectivity index (χ1v) is 9.66. The van der Waals surface area contributed by atoms with E-state index in [9.17, 15) is 0 Å². The molecular weight excluding hydrogens is 309 g/mol. The molecule has 0 atom stereocenters. The van der Waals surface area contributed by atoms with Crippen molar-refractivity contribution in [1.82, 2.24) is 0 Å². The van der Waals surface area contributed by atoms with E-state index in [1.807, 2.05) is 0 Å². The van der Waals surface area contributed by atoms with E-state index in [0.717, 1.165) is 0 Å². The van der Waals surface area contributed by atoms with E-state index < -0.39 is 7.92 Å². The molecule has 3 aromatic rings. The van der Waals surface area contributed by atoms with Gasteiger partial charge in [0.1, 0.15) is 0 Å². The summed E-state index contributed by atoms with van der Waals surface area (Å²) >= 11 is 0. The summed E-state index contributed by atoms with van der Waals surface area (Å²) < 4.78 is 0. The van der Waals surface area contributed by atoms with Crippen LogP contribution in [0.5, 0.6) is 0 Å². The Bertz CT molecular complexity index is 736. The molecule has 0 spiro atoms. The Morgan fingerprint density at radius 2 is 1.08 bits per heavy atom. The molecule has 1 N–H and O–H groups in total. The van der Waals surface area contributed by atoms with Gasteiger partial charge in [0.25, 0.3) is 0 Å². The predicted octanol–water partition coefficient (Wildman–Crippen LogP) is 4.66. The fraction of sp³-hybridized carbons (Fsp3) is 0.182. The molecule has 0 amide bonds. The predicted molar refractivity (Wildman–Crippen MR) is 109 cm³/mol. The van der Waals surface area contributed by atoms with Gasteiger partial charge in [0.15, 0.2) is 0 Å². The molecule has 3 rings (SSSR count). The van der Waals surface area contributed by atoms with Gasteiger partial charge in [-0.25, -0.2) is 0 Å². The third-order valence-electron chi connectivity index (χ3n) is 3.68. The minimum Gasteiger partial charge on any atom is -0.380 e. The van der Waals surface area contributed by atoms with Crippen LogP contribution >= 0.6 is 7.92 Å². The van der Waals surface area contributed by atoms with Crippen molar-refractivity contribution >= 4 is 29.5 Å². The summed E-state index contributed by atoms with van der Waals surface area (Å²) in [4.78, 5) is 0. The van der Waals surface area contributed by atoms with Crippen molar-refractivity contribution in [3.63, 3.8) is 0 Å². The Balaban J connectivity index is 2.14. The van der Waals surface area contributed by atoms with E-state index in [0.29, 0.717) is 0 Å². The van der Waals surface area contributed by atoms with E-state index in [1.54, 1.807) is 0 Å². The number of anilines is 1. The second kappa shape index (κ2) is 7.20. The number of para-hydroxylation sites is 1. The molecule has 0 unspecified atom stereocenters. The SMILES string of the molecule is CC(C)(C)Nc1ccccc1P(c1ccccc1)c1ccccc1. The van der Waals surface area contributed by atoms with Crippen LogP contribution in [0, 0.1) is 0 Å². The molecule has 0 saturated carbocycles. The second-order valence-electron chi connectivity index (χ2n) is 6.90. The van der Waals surface area contributed by atoms with Crippen LogP contribution in [0.4, 0.5) is 5.69 Å². The Hall–Kier alpha value is -2.11. The highest BCUT2D eigenvalue weighted by atomic mass is 31.1. The van der Waals surface area contributed by atoms with E-state index in [4.69, 9.17) is 0 Å². The van der Waals surface area contributed by atoms with Crippen molar-refractivity contribution in [1.29, 1.82) is 0 Å². The average Bonchev–Trinajstić information content (AvgIpc) is 2.57. The first kappa shape index (κ1) is 16.7. The van der Waals surface area contributed by atoms with Gasteiger partial charge in [0.05, 0.1) is 0 Å². The van der Waals surface area contributed by atoms with Crippen LogP contribution in [-0.4, -0.2) is 5.54 Å². The van der Waals surface area contributed by atoms with Gasteiger partial charge in [-0.1, -0.05) is 78.9 Å². The molecule has 0 heterocycles. The van der Waals surface area contributed by atoms with Gasteiger partial charge in [0, 0.05) is 16.5 Å². The highest BCUT2D eigenvalue weighted by Crippen LogP contribution is 2.36. The van der Waals surface area contributed by atoms with Gasteiger partial charge in [-0.2, -0.15) is 0 Å². The van der Waals surface area contributed by atoms with Crippen LogP contribution < -0.4 is 21.2 Å². The highest BCUT2D eigenvalue weighted by molar-refractivity contribution is 7.80. The lowest BCUT2D eigenvalue weighted by atomic mass is 10.1. The molecule has 0 bridgehead atoms. The first-order chi connectivity index (χ1) is 11.5. The maximum Gasteiger partial charge on any atom is 0.0428 e. The summed E-state index contributed by atoms with van der Waals surface area (Å²) in [5.41, 5.74) is 1.26. The lowest BCUT2D eigenvalue weighted by Gasteiger charge is -2.28. The summed E-state index contributed by atoms with van der Waals surface area (Å²) in [6.45, 7) is 6.62. The molecule has 3 aromatic carbocycles. The molecule has 0 aliphatic rings. The van der Waals surface area contributed by atoms with Crippen LogP contribution in [0.3, 0.4) is 0 Å². The third-order valence-corrected chi connectivity index (χ3v) is 6.18. The minimum absolute atomic E-state index is 0.0322. The van der Waals surface area contributed by atoms with Gasteiger partial charge in [-0.15, -0.1) is 0 Å². The van der Waals surface area contributed by atoms with Crippen molar-refractivity contribution in [2.75, 3.05) is 5.32 Å². The Kier molecular flexibility index (Phi) is 5.02. The maximum absolute atomic E-state index is 3.69. The lowest BCUT2D eigenvalue weighted by molar-refractivity contribution is 0.635. The van der Waals surface area contributed by atoms with Gasteiger partial charge in [-0.05, 0) is 45.4 Å². The van der Waals surface area contributed by atoms with Crippen molar-refractivity contribution in [3.05, 3.63) is 84.9 Å². The fourth-order valence-electron chi connectivity index (χ4n) is 2.76. The van der Waals surface area contributed by atoms with E-state index in [1.165, 1.54) is 21.6 Å². The van der Waals surface area contributed by atoms with Gasteiger partial charge >= 0.3 is 0 Å². The zero-order valence-electron chi connectivity index (χ0n) is 14.5. The molecule has 122 valence electrons. The molecule has 1 nitrogen and oxygen atoms in total. The molecular formula is C22H24NP. The van der Waals surface area contributed by atoms with E-state index in [-0.39, 0.29) is 5.54 Å². The molecule has 0 fully saturated rings. The molecule has 0 aliphatic heterocycles. The van der Waals surface area contributed by atoms with Crippen LogP contribution in [0.25, 0.3) is 0 Å². The normalized spacial score (nSPS) is 11.5. The zero-order chi connectivity index (χ0) is 17.0. The van der Waals surface area contributed by atoms with Crippen molar-refractivity contribution in [2.24, 2.45) is 0 Å². The first-order valence-electron chi connectivity index (χ1n) is 8.32. The second-order valence-corrected chi connectivity index (χ2v) is 9.08. The Morgan fingerprint density at radius 1 is 0.625 bits per heavy atom. The lowest BCUT2D eigenvalue weighted by Crippen LogP contribution is -2.31. The van der Waals surface area contributed by atoms with Gasteiger partial charge in [-0.3, -0.25) is 0 Å². The van der Waals surface area contributed by atoms with Crippen LogP contribution in [0.15, 0.2) is 84.9 Å². The third kappa shape index (κ3) is 4.04. The molecule has 0 radical (unpaired) electrons. The van der Waals surface area contributed by atoms with Crippen LogP contribution in [0.1, 0.15) is 20.8 Å². The highest BCUT2D eigenvalue weighted by Gasteiger charge is 2.21. The number of hydrogen-bond acceptors (Lipinski definition) is 1.